The molecule has 0 spiro atoms. The number of thiazole rings is 1. The normalized spacial score (nSPS) is 19.2. The zero-order valence-corrected chi connectivity index (χ0v) is 10.5. The number of rotatable bonds is 3. The van der Waals surface area contributed by atoms with Gasteiger partial charge < -0.3 is 10.6 Å². The molecule has 1 atom stereocenters. The summed E-state index contributed by atoms with van der Waals surface area (Å²) in [6, 6.07) is 0.392. The van der Waals surface area contributed by atoms with Gasteiger partial charge in [-0.25, -0.2) is 4.98 Å². The van der Waals surface area contributed by atoms with Crippen LogP contribution in [0.3, 0.4) is 0 Å². The summed E-state index contributed by atoms with van der Waals surface area (Å²) < 4.78 is 1.72. The number of hydrogen-bond donors (Lipinski definition) is 2. The molecule has 2 N–H and O–H groups in total. The largest absolute Gasteiger partial charge is 0.349 e. The van der Waals surface area contributed by atoms with Crippen molar-refractivity contribution in [2.75, 3.05) is 13.1 Å². The first kappa shape index (κ1) is 11.0. The van der Waals surface area contributed by atoms with Gasteiger partial charge in [-0.2, -0.15) is 0 Å². The van der Waals surface area contributed by atoms with E-state index in [1.54, 1.807) is 10.6 Å². The second kappa shape index (κ2) is 4.29. The third-order valence-corrected chi connectivity index (χ3v) is 3.89. The van der Waals surface area contributed by atoms with Gasteiger partial charge in [-0.1, -0.05) is 11.6 Å². The van der Waals surface area contributed by atoms with Crippen LogP contribution in [0.5, 0.6) is 0 Å². The molecule has 0 aromatic carbocycles. The van der Waals surface area contributed by atoms with Crippen LogP contribution in [-0.2, 0) is 0 Å². The molecule has 1 aliphatic rings. The molecular weight excluding hydrogens is 260 g/mol. The smallest absolute Gasteiger partial charge is 0.271 e. The van der Waals surface area contributed by atoms with E-state index in [-0.39, 0.29) is 11.1 Å². The van der Waals surface area contributed by atoms with Gasteiger partial charge in [-0.3, -0.25) is 9.20 Å². The van der Waals surface area contributed by atoms with Crippen LogP contribution >= 0.6 is 22.9 Å². The number of fused-ring (bicyclic) bond motifs is 1. The van der Waals surface area contributed by atoms with E-state index in [0.29, 0.717) is 18.3 Å². The number of aromatic nitrogens is 2. The number of hydrogen-bond acceptors (Lipinski definition) is 4. The molecule has 7 heteroatoms. The molecule has 1 amide bonds. The lowest BCUT2D eigenvalue weighted by Crippen LogP contribution is -2.50. The number of nitrogens with one attached hydrogen (secondary N) is 2. The van der Waals surface area contributed by atoms with Crippen molar-refractivity contribution < 1.29 is 4.79 Å². The van der Waals surface area contributed by atoms with Gasteiger partial charge in [-0.05, 0) is 13.0 Å². The van der Waals surface area contributed by atoms with Crippen molar-refractivity contribution in [3.63, 3.8) is 0 Å². The van der Waals surface area contributed by atoms with Crippen molar-refractivity contribution in [2.45, 2.75) is 12.5 Å². The predicted molar refractivity (Wildman–Crippen MR) is 66.8 cm³/mol. The Bertz CT molecular complexity index is 560. The van der Waals surface area contributed by atoms with E-state index in [9.17, 15) is 4.79 Å². The minimum Gasteiger partial charge on any atom is -0.349 e. The first-order chi connectivity index (χ1) is 8.25. The van der Waals surface area contributed by atoms with Crippen molar-refractivity contribution in [3.8, 4) is 0 Å². The molecule has 0 saturated carbocycles. The quantitative estimate of drug-likeness (QED) is 0.879. The fourth-order valence-corrected chi connectivity index (χ4v) is 2.81. The van der Waals surface area contributed by atoms with Gasteiger partial charge in [0, 0.05) is 24.2 Å². The average molecular weight is 271 g/mol. The van der Waals surface area contributed by atoms with Gasteiger partial charge in [0.1, 0.15) is 0 Å². The molecule has 1 aliphatic heterocycles. The fraction of sp³-hybridized carbons (Fsp3) is 0.400. The molecule has 3 rings (SSSR count). The van der Waals surface area contributed by atoms with Crippen LogP contribution in [0.2, 0.25) is 5.15 Å². The van der Waals surface area contributed by atoms with E-state index in [1.165, 1.54) is 11.3 Å². The summed E-state index contributed by atoms with van der Waals surface area (Å²) >= 11 is 7.42. The second-order valence-electron chi connectivity index (χ2n) is 3.96. The van der Waals surface area contributed by atoms with Crippen LogP contribution in [-0.4, -0.2) is 34.4 Å². The predicted octanol–water partition coefficient (Wildman–Crippen LogP) is 1.14. The Morgan fingerprint density at radius 3 is 3.29 bits per heavy atom. The Morgan fingerprint density at radius 1 is 1.76 bits per heavy atom. The van der Waals surface area contributed by atoms with Crippen molar-refractivity contribution in [3.05, 3.63) is 22.4 Å². The zero-order chi connectivity index (χ0) is 11.8. The molecule has 2 aromatic heterocycles. The zero-order valence-electron chi connectivity index (χ0n) is 8.94. The highest BCUT2D eigenvalue weighted by Crippen LogP contribution is 2.21. The molecule has 1 saturated heterocycles. The summed E-state index contributed by atoms with van der Waals surface area (Å²) in [5.74, 6) is -0.172. The minimum absolute atomic E-state index is 0.172. The number of carbonyl (C=O) groups is 1. The minimum atomic E-state index is -0.172. The summed E-state index contributed by atoms with van der Waals surface area (Å²) in [6.07, 6.45) is 2.91. The number of nitrogens with zero attached hydrogens (tertiary/aromatic N) is 2. The Kier molecular flexibility index (Phi) is 2.78. The van der Waals surface area contributed by atoms with Crippen LogP contribution in [0.25, 0.3) is 4.96 Å². The third kappa shape index (κ3) is 1.92. The lowest BCUT2D eigenvalue weighted by atomic mass is 10.1. The lowest BCUT2D eigenvalue weighted by molar-refractivity contribution is 0.0939. The molecular formula is C10H11ClN4OS. The highest BCUT2D eigenvalue weighted by Gasteiger charge is 2.21. The molecule has 90 valence electrons. The van der Waals surface area contributed by atoms with Gasteiger partial charge in [0.25, 0.3) is 5.91 Å². The second-order valence-corrected chi connectivity index (χ2v) is 5.19. The molecule has 5 nitrogen and oxygen atoms in total. The summed E-state index contributed by atoms with van der Waals surface area (Å²) in [5, 5.41) is 8.23. The third-order valence-electron chi connectivity index (χ3n) is 2.87. The fourth-order valence-electron chi connectivity index (χ4n) is 1.78. The summed E-state index contributed by atoms with van der Waals surface area (Å²) in [5.41, 5.74) is 0.419. The van der Waals surface area contributed by atoms with Gasteiger partial charge in [0.15, 0.2) is 15.8 Å². The van der Waals surface area contributed by atoms with E-state index in [4.69, 9.17) is 11.6 Å². The Balaban J connectivity index is 1.79. The molecule has 17 heavy (non-hydrogen) atoms. The first-order valence-electron chi connectivity index (χ1n) is 5.38. The average Bonchev–Trinajstić information content (AvgIpc) is 2.74. The number of imidazole rings is 1. The Labute approximate surface area is 107 Å². The van der Waals surface area contributed by atoms with Gasteiger partial charge >= 0.3 is 0 Å². The first-order valence-corrected chi connectivity index (χ1v) is 6.64. The van der Waals surface area contributed by atoms with E-state index < -0.39 is 0 Å². The molecule has 1 fully saturated rings. The van der Waals surface area contributed by atoms with Crippen LogP contribution in [0.15, 0.2) is 11.6 Å². The van der Waals surface area contributed by atoms with Gasteiger partial charge in [0.05, 0.1) is 0 Å². The van der Waals surface area contributed by atoms with E-state index in [0.717, 1.165) is 17.9 Å². The topological polar surface area (TPSA) is 58.4 Å². The Morgan fingerprint density at radius 2 is 2.59 bits per heavy atom. The van der Waals surface area contributed by atoms with Crippen molar-refractivity contribution >= 4 is 33.8 Å². The van der Waals surface area contributed by atoms with Crippen LogP contribution < -0.4 is 10.6 Å². The molecule has 0 unspecified atom stereocenters. The van der Waals surface area contributed by atoms with Crippen LogP contribution in [0.4, 0.5) is 0 Å². The summed E-state index contributed by atoms with van der Waals surface area (Å²) in [6.45, 7) is 1.66. The Hall–Kier alpha value is -1.11. The number of halogens is 1. The number of carbonyl (C=O) groups excluding carboxylic acids is 1. The molecule has 0 aliphatic carbocycles. The van der Waals surface area contributed by atoms with E-state index in [2.05, 4.69) is 15.6 Å². The maximum absolute atomic E-state index is 12.0. The van der Waals surface area contributed by atoms with Crippen molar-refractivity contribution in [1.29, 1.82) is 0 Å². The van der Waals surface area contributed by atoms with Gasteiger partial charge in [0.2, 0.25) is 0 Å². The highest BCUT2D eigenvalue weighted by atomic mass is 35.5. The van der Waals surface area contributed by atoms with E-state index in [1.807, 2.05) is 5.38 Å². The van der Waals surface area contributed by atoms with Crippen LogP contribution in [0, 0.1) is 0 Å². The van der Waals surface area contributed by atoms with Crippen molar-refractivity contribution in [1.82, 2.24) is 20.0 Å². The molecule has 0 radical (unpaired) electrons. The monoisotopic (exact) mass is 270 g/mol. The molecule has 2 aromatic rings. The van der Waals surface area contributed by atoms with Crippen molar-refractivity contribution in [2.24, 2.45) is 0 Å². The lowest BCUT2D eigenvalue weighted by Gasteiger charge is -2.27. The molecule has 0 bridgehead atoms. The maximum atomic E-state index is 12.0. The molecule has 3 heterocycles. The number of amides is 1. The van der Waals surface area contributed by atoms with Crippen LogP contribution in [0.1, 0.15) is 16.9 Å². The summed E-state index contributed by atoms with van der Waals surface area (Å²) in [7, 11) is 0. The standard InChI is InChI=1S/C10H11ClN4OS/c11-8-7(15-3-4-17-10(15)14-8)9(16)13-5-6-1-2-12-6/h3-4,6,12H,1-2,5H2,(H,13,16)/t6-/m0/s1. The van der Waals surface area contributed by atoms with Gasteiger partial charge in [-0.15, -0.1) is 11.3 Å². The SMILES string of the molecule is O=C(NC[C@@H]1CCN1)c1c(Cl)nc2sccn12. The highest BCUT2D eigenvalue weighted by molar-refractivity contribution is 7.15. The maximum Gasteiger partial charge on any atom is 0.271 e. The summed E-state index contributed by atoms with van der Waals surface area (Å²) in [4.78, 5) is 16.9. The van der Waals surface area contributed by atoms with E-state index >= 15 is 0 Å².